The van der Waals surface area contributed by atoms with Gasteiger partial charge in [-0.2, -0.15) is 0 Å². The first-order valence-corrected chi connectivity index (χ1v) is 9.76. The number of hydrogen-bond acceptors (Lipinski definition) is 4. The lowest BCUT2D eigenvalue weighted by Crippen LogP contribution is -2.16. The fourth-order valence-electron chi connectivity index (χ4n) is 2.50. The molecule has 0 radical (unpaired) electrons. The van der Waals surface area contributed by atoms with E-state index in [0.29, 0.717) is 34.3 Å². The minimum atomic E-state index is -4.06. The molecule has 1 heterocycles. The Kier molecular flexibility index (Phi) is 6.68. The summed E-state index contributed by atoms with van der Waals surface area (Å²) in [5.74, 6) is -0.226. The molecule has 2 aromatic carbocycles. The van der Waals surface area contributed by atoms with Gasteiger partial charge < -0.3 is 10.1 Å². The van der Waals surface area contributed by atoms with Gasteiger partial charge in [-0.15, -0.1) is 12.4 Å². The third-order valence-corrected chi connectivity index (χ3v) is 5.91. The summed E-state index contributed by atoms with van der Waals surface area (Å²) in [5.41, 5.74) is 0.435. The third-order valence-electron chi connectivity index (χ3n) is 3.70. The molecule has 5 nitrogen and oxygen atoms in total. The largest absolute Gasteiger partial charge is 0.492 e. The monoisotopic (exact) mass is 462 g/mol. The zero-order valence-corrected chi connectivity index (χ0v) is 17.0. The van der Waals surface area contributed by atoms with E-state index >= 15 is 0 Å². The molecule has 140 valence electrons. The zero-order valence-electron chi connectivity index (χ0n) is 13.8. The van der Waals surface area contributed by atoms with Gasteiger partial charge in [-0.05, 0) is 43.4 Å². The average Bonchev–Trinajstić information content (AvgIpc) is 3.00. The average molecular weight is 464 g/mol. The molecule has 0 unspecified atom stereocenters. The lowest BCUT2D eigenvalue weighted by Gasteiger charge is -2.10. The van der Waals surface area contributed by atoms with Crippen LogP contribution in [-0.4, -0.2) is 32.6 Å². The first kappa shape index (κ1) is 20.7. The van der Waals surface area contributed by atoms with Gasteiger partial charge in [0.1, 0.15) is 23.1 Å². The zero-order chi connectivity index (χ0) is 18.0. The lowest BCUT2D eigenvalue weighted by molar-refractivity contribution is 0.322. The topological polar surface area (TPSA) is 60.3 Å². The normalized spacial score (nSPS) is 11.3. The van der Waals surface area contributed by atoms with Crippen molar-refractivity contribution in [2.24, 2.45) is 0 Å². The molecule has 9 heteroatoms. The molecule has 1 N–H and O–H groups in total. The Bertz CT molecular complexity index is 1020. The van der Waals surface area contributed by atoms with Crippen LogP contribution in [-0.2, 0) is 10.0 Å². The number of nitrogens with zero attached hydrogens (tertiary/aromatic N) is 1. The van der Waals surface area contributed by atoms with Crippen molar-refractivity contribution >= 4 is 49.3 Å². The van der Waals surface area contributed by atoms with Crippen LogP contribution in [0.2, 0.25) is 0 Å². The predicted molar refractivity (Wildman–Crippen MR) is 105 cm³/mol. The molecule has 0 saturated carbocycles. The van der Waals surface area contributed by atoms with Gasteiger partial charge >= 0.3 is 0 Å². The van der Waals surface area contributed by atoms with Gasteiger partial charge in [0.2, 0.25) is 0 Å². The summed E-state index contributed by atoms with van der Waals surface area (Å²) in [4.78, 5) is -0.380. The Hall–Kier alpha value is -1.61. The van der Waals surface area contributed by atoms with E-state index in [-0.39, 0.29) is 17.3 Å². The van der Waals surface area contributed by atoms with Crippen molar-refractivity contribution in [1.82, 2.24) is 9.29 Å². The summed E-state index contributed by atoms with van der Waals surface area (Å²) in [6.07, 6.45) is 1.41. The second kappa shape index (κ2) is 8.39. The Balaban J connectivity index is 0.00000243. The minimum absolute atomic E-state index is 0. The van der Waals surface area contributed by atoms with E-state index in [0.717, 1.165) is 10.0 Å². The fourth-order valence-corrected chi connectivity index (χ4v) is 4.23. The van der Waals surface area contributed by atoms with Gasteiger partial charge in [0.05, 0.1) is 5.52 Å². The van der Waals surface area contributed by atoms with Crippen LogP contribution in [0.3, 0.4) is 0 Å². The second-order valence-corrected chi connectivity index (χ2v) is 8.03. The molecule has 0 amide bonds. The summed E-state index contributed by atoms with van der Waals surface area (Å²) in [6, 6.07) is 10.7. The molecule has 0 atom stereocenters. The summed E-state index contributed by atoms with van der Waals surface area (Å²) < 4.78 is 47.1. The van der Waals surface area contributed by atoms with E-state index in [1.807, 2.05) is 7.05 Å². The molecular formula is C17H17BrClFN2O3S. The van der Waals surface area contributed by atoms with Crippen molar-refractivity contribution in [3.63, 3.8) is 0 Å². The highest BCUT2D eigenvalue weighted by molar-refractivity contribution is 9.10. The van der Waals surface area contributed by atoms with Crippen LogP contribution in [0.25, 0.3) is 10.9 Å². The highest BCUT2D eigenvalue weighted by atomic mass is 79.9. The molecule has 0 saturated heterocycles. The fraction of sp³-hybridized carbons (Fsp3) is 0.176. The van der Waals surface area contributed by atoms with Crippen molar-refractivity contribution in [3.05, 3.63) is 59.0 Å². The number of likely N-dealkylation sites (N-methyl/N-ethyl adjacent to an activating group) is 1. The van der Waals surface area contributed by atoms with Crippen molar-refractivity contribution < 1.29 is 17.5 Å². The number of aromatic nitrogens is 1. The number of halogens is 3. The van der Waals surface area contributed by atoms with Crippen LogP contribution >= 0.6 is 28.3 Å². The minimum Gasteiger partial charge on any atom is -0.492 e. The molecule has 1 aromatic heterocycles. The second-order valence-electron chi connectivity index (χ2n) is 5.33. The van der Waals surface area contributed by atoms with Gasteiger partial charge in [0.25, 0.3) is 10.0 Å². The Morgan fingerprint density at radius 2 is 2.00 bits per heavy atom. The lowest BCUT2D eigenvalue weighted by atomic mass is 10.2. The van der Waals surface area contributed by atoms with Crippen molar-refractivity contribution in [2.75, 3.05) is 20.2 Å². The maximum Gasteiger partial charge on any atom is 0.271 e. The third kappa shape index (κ3) is 3.88. The molecule has 0 spiro atoms. The predicted octanol–water partition coefficient (Wildman–Crippen LogP) is 3.80. The van der Waals surface area contributed by atoms with E-state index in [9.17, 15) is 12.8 Å². The summed E-state index contributed by atoms with van der Waals surface area (Å²) >= 11 is 3.13. The van der Waals surface area contributed by atoms with Crippen molar-refractivity contribution in [1.29, 1.82) is 0 Å². The number of nitrogens with one attached hydrogen (secondary N) is 1. The van der Waals surface area contributed by atoms with Gasteiger partial charge in [0, 0.05) is 22.6 Å². The number of hydrogen-bond donors (Lipinski definition) is 1. The molecule has 0 bridgehead atoms. The van der Waals surface area contributed by atoms with Crippen LogP contribution in [0.5, 0.6) is 5.75 Å². The highest BCUT2D eigenvalue weighted by Gasteiger charge is 2.23. The van der Waals surface area contributed by atoms with E-state index in [1.165, 1.54) is 18.3 Å². The maximum atomic E-state index is 14.2. The number of rotatable bonds is 6. The molecular weight excluding hydrogens is 447 g/mol. The van der Waals surface area contributed by atoms with E-state index in [2.05, 4.69) is 21.2 Å². The molecule has 3 aromatic rings. The van der Waals surface area contributed by atoms with Gasteiger partial charge in [-0.3, -0.25) is 0 Å². The Morgan fingerprint density at radius 3 is 2.69 bits per heavy atom. The Labute approximate surface area is 165 Å². The molecule has 0 aliphatic carbocycles. The van der Waals surface area contributed by atoms with E-state index < -0.39 is 15.8 Å². The molecule has 0 fully saturated rings. The van der Waals surface area contributed by atoms with Crippen LogP contribution in [0.1, 0.15) is 0 Å². The van der Waals surface area contributed by atoms with Crippen molar-refractivity contribution in [3.8, 4) is 5.75 Å². The van der Waals surface area contributed by atoms with E-state index in [1.54, 1.807) is 24.3 Å². The van der Waals surface area contributed by atoms with Crippen LogP contribution in [0, 0.1) is 5.82 Å². The van der Waals surface area contributed by atoms with Gasteiger partial charge in [-0.25, -0.2) is 16.8 Å². The first-order chi connectivity index (χ1) is 11.9. The first-order valence-electron chi connectivity index (χ1n) is 7.53. The SMILES string of the molecule is CNCCOc1cccc2c1ccn2S(=O)(=O)c1ccc(Br)cc1F.Cl. The summed E-state index contributed by atoms with van der Waals surface area (Å²) in [7, 11) is -2.24. The quantitative estimate of drug-likeness (QED) is 0.565. The molecule has 0 aliphatic heterocycles. The summed E-state index contributed by atoms with van der Waals surface area (Å²) in [6.45, 7) is 1.12. The van der Waals surface area contributed by atoms with Crippen LogP contribution in [0.15, 0.2) is 58.0 Å². The highest BCUT2D eigenvalue weighted by Crippen LogP contribution is 2.30. The molecule has 0 aliphatic rings. The van der Waals surface area contributed by atoms with Gasteiger partial charge in [-0.1, -0.05) is 22.0 Å². The number of fused-ring (bicyclic) bond motifs is 1. The van der Waals surface area contributed by atoms with Crippen molar-refractivity contribution in [2.45, 2.75) is 4.90 Å². The smallest absolute Gasteiger partial charge is 0.271 e. The maximum absolute atomic E-state index is 14.2. The molecule has 26 heavy (non-hydrogen) atoms. The number of ether oxygens (including phenoxy) is 1. The van der Waals surface area contributed by atoms with Crippen LogP contribution in [0.4, 0.5) is 4.39 Å². The van der Waals surface area contributed by atoms with Crippen LogP contribution < -0.4 is 10.1 Å². The summed E-state index contributed by atoms with van der Waals surface area (Å²) in [5, 5.41) is 3.63. The molecule has 3 rings (SSSR count). The number of benzene rings is 2. The Morgan fingerprint density at radius 1 is 1.23 bits per heavy atom. The van der Waals surface area contributed by atoms with Gasteiger partial charge in [0.15, 0.2) is 0 Å². The van der Waals surface area contributed by atoms with E-state index in [4.69, 9.17) is 4.74 Å². The standard InChI is InChI=1S/C17H16BrFN2O3S.ClH/c1-20-8-10-24-16-4-2-3-15-13(16)7-9-21(15)25(22,23)17-6-5-12(18)11-14(17)19;/h2-7,9,11,20H,8,10H2,1H3;1H.